The summed E-state index contributed by atoms with van der Waals surface area (Å²) in [5, 5.41) is 3.30. The Morgan fingerprint density at radius 2 is 1.93 bits per heavy atom. The zero-order valence-electron chi connectivity index (χ0n) is 9.88. The lowest BCUT2D eigenvalue weighted by molar-refractivity contribution is -0.0126. The number of amides is 1. The first-order valence-corrected chi connectivity index (χ1v) is 5.58. The molecular weight excluding hydrogens is 192 g/mol. The number of ether oxygens (including phenoxy) is 1. The molecule has 0 aromatic rings. The predicted octanol–water partition coefficient (Wildman–Crippen LogP) is 1.50. The van der Waals surface area contributed by atoms with Gasteiger partial charge in [-0.3, -0.25) is 0 Å². The number of carbonyl (C=O) groups is 1. The van der Waals surface area contributed by atoms with Crippen LogP contribution in [0.4, 0.5) is 4.79 Å². The average Bonchev–Trinajstić information content (AvgIpc) is 2.14. The Kier molecular flexibility index (Phi) is 3.97. The van der Waals surface area contributed by atoms with Crippen LogP contribution in [0.25, 0.3) is 0 Å². The van der Waals surface area contributed by atoms with Gasteiger partial charge in [-0.15, -0.1) is 0 Å². The zero-order chi connectivity index (χ0) is 11.5. The van der Waals surface area contributed by atoms with Crippen molar-refractivity contribution in [3.63, 3.8) is 0 Å². The van der Waals surface area contributed by atoms with Crippen molar-refractivity contribution >= 4 is 6.09 Å². The van der Waals surface area contributed by atoms with Crippen LogP contribution in [-0.4, -0.2) is 25.3 Å². The van der Waals surface area contributed by atoms with E-state index in [1.165, 1.54) is 0 Å². The molecular formula is C11H22N2O2. The van der Waals surface area contributed by atoms with Crippen LogP contribution in [0.3, 0.4) is 0 Å². The van der Waals surface area contributed by atoms with Crippen molar-refractivity contribution in [2.75, 3.05) is 13.1 Å². The smallest absolute Gasteiger partial charge is 0.404 e. The molecule has 1 rings (SSSR count). The second kappa shape index (κ2) is 4.84. The topological polar surface area (TPSA) is 64.3 Å². The third-order valence-corrected chi connectivity index (χ3v) is 2.91. The first-order valence-electron chi connectivity index (χ1n) is 5.58. The SMILES string of the molecule is CC(C)(C)C(OC(N)=O)C1CCNCC1. The molecule has 0 saturated carbocycles. The lowest BCUT2D eigenvalue weighted by atomic mass is 9.77. The van der Waals surface area contributed by atoms with Gasteiger partial charge in [0.2, 0.25) is 0 Å². The molecule has 4 nitrogen and oxygen atoms in total. The van der Waals surface area contributed by atoms with Crippen molar-refractivity contribution in [3.05, 3.63) is 0 Å². The Hall–Kier alpha value is -0.770. The van der Waals surface area contributed by atoms with Gasteiger partial charge in [-0.05, 0) is 37.3 Å². The molecule has 15 heavy (non-hydrogen) atoms. The summed E-state index contributed by atoms with van der Waals surface area (Å²) < 4.78 is 5.27. The molecule has 1 atom stereocenters. The van der Waals surface area contributed by atoms with E-state index >= 15 is 0 Å². The quantitative estimate of drug-likeness (QED) is 0.732. The van der Waals surface area contributed by atoms with Crippen LogP contribution in [0.1, 0.15) is 33.6 Å². The van der Waals surface area contributed by atoms with Crippen molar-refractivity contribution < 1.29 is 9.53 Å². The molecule has 0 aromatic carbocycles. The maximum Gasteiger partial charge on any atom is 0.404 e. The zero-order valence-corrected chi connectivity index (χ0v) is 9.88. The fourth-order valence-electron chi connectivity index (χ4n) is 2.25. The first-order chi connectivity index (χ1) is 6.91. The highest BCUT2D eigenvalue weighted by molar-refractivity contribution is 5.64. The molecule has 88 valence electrons. The van der Waals surface area contributed by atoms with Gasteiger partial charge in [-0.25, -0.2) is 4.79 Å². The van der Waals surface area contributed by atoms with E-state index in [9.17, 15) is 4.79 Å². The second-order valence-electron chi connectivity index (χ2n) is 5.31. The minimum Gasteiger partial charge on any atom is -0.446 e. The van der Waals surface area contributed by atoms with Crippen molar-refractivity contribution in [2.24, 2.45) is 17.1 Å². The molecule has 1 unspecified atom stereocenters. The average molecular weight is 214 g/mol. The molecule has 4 heteroatoms. The summed E-state index contributed by atoms with van der Waals surface area (Å²) >= 11 is 0. The maximum absolute atomic E-state index is 10.9. The molecule has 0 spiro atoms. The number of hydrogen-bond donors (Lipinski definition) is 2. The lowest BCUT2D eigenvalue weighted by Crippen LogP contribution is -2.44. The maximum atomic E-state index is 10.9. The molecule has 1 fully saturated rings. The highest BCUT2D eigenvalue weighted by Crippen LogP contribution is 2.32. The van der Waals surface area contributed by atoms with E-state index in [2.05, 4.69) is 26.1 Å². The number of nitrogens with one attached hydrogen (secondary N) is 1. The molecule has 1 saturated heterocycles. The van der Waals surface area contributed by atoms with Gasteiger partial charge in [0.25, 0.3) is 0 Å². The highest BCUT2D eigenvalue weighted by Gasteiger charge is 2.35. The van der Waals surface area contributed by atoms with E-state index in [1.807, 2.05) is 0 Å². The van der Waals surface area contributed by atoms with Crippen LogP contribution in [0.2, 0.25) is 0 Å². The minimum atomic E-state index is -0.659. The van der Waals surface area contributed by atoms with Gasteiger partial charge in [0.05, 0.1) is 0 Å². The Balaban J connectivity index is 2.66. The Labute approximate surface area is 91.5 Å². The Morgan fingerprint density at radius 3 is 2.33 bits per heavy atom. The van der Waals surface area contributed by atoms with Crippen LogP contribution in [0.15, 0.2) is 0 Å². The van der Waals surface area contributed by atoms with Crippen molar-refractivity contribution in [1.82, 2.24) is 5.32 Å². The number of nitrogens with two attached hydrogens (primary N) is 1. The summed E-state index contributed by atoms with van der Waals surface area (Å²) in [6, 6.07) is 0. The van der Waals surface area contributed by atoms with Gasteiger partial charge in [-0.1, -0.05) is 20.8 Å². The van der Waals surface area contributed by atoms with Crippen molar-refractivity contribution in [1.29, 1.82) is 0 Å². The largest absolute Gasteiger partial charge is 0.446 e. The normalized spacial score (nSPS) is 21.0. The molecule has 3 N–H and O–H groups in total. The molecule has 0 radical (unpaired) electrons. The molecule has 1 aliphatic heterocycles. The number of hydrogen-bond acceptors (Lipinski definition) is 3. The lowest BCUT2D eigenvalue weighted by Gasteiger charge is -2.37. The molecule has 0 aliphatic carbocycles. The van der Waals surface area contributed by atoms with Gasteiger partial charge in [0, 0.05) is 0 Å². The monoisotopic (exact) mass is 214 g/mol. The third kappa shape index (κ3) is 3.70. The van der Waals surface area contributed by atoms with E-state index in [-0.39, 0.29) is 11.5 Å². The van der Waals surface area contributed by atoms with Crippen molar-refractivity contribution in [2.45, 2.75) is 39.7 Å². The Morgan fingerprint density at radius 1 is 1.40 bits per heavy atom. The van der Waals surface area contributed by atoms with E-state index in [1.54, 1.807) is 0 Å². The summed E-state index contributed by atoms with van der Waals surface area (Å²) in [5.74, 6) is 0.429. The minimum absolute atomic E-state index is 0.0446. The first kappa shape index (κ1) is 12.3. The predicted molar refractivity (Wildman–Crippen MR) is 59.5 cm³/mol. The van der Waals surface area contributed by atoms with E-state index in [4.69, 9.17) is 10.5 Å². The van der Waals surface area contributed by atoms with Crippen LogP contribution < -0.4 is 11.1 Å². The van der Waals surface area contributed by atoms with E-state index in [0.29, 0.717) is 5.92 Å². The summed E-state index contributed by atoms with van der Waals surface area (Å²) in [4.78, 5) is 10.9. The molecule has 1 aliphatic rings. The number of carbonyl (C=O) groups excluding carboxylic acids is 1. The standard InChI is InChI=1S/C11H22N2O2/c1-11(2,3)9(15-10(12)14)8-4-6-13-7-5-8/h8-9,13H,4-7H2,1-3H3,(H2,12,14). The van der Waals surface area contributed by atoms with Crippen LogP contribution in [0.5, 0.6) is 0 Å². The fraction of sp³-hybridized carbons (Fsp3) is 0.909. The van der Waals surface area contributed by atoms with Crippen molar-refractivity contribution in [3.8, 4) is 0 Å². The van der Waals surface area contributed by atoms with Crippen LogP contribution in [-0.2, 0) is 4.74 Å². The number of rotatable bonds is 2. The summed E-state index contributed by atoms with van der Waals surface area (Å²) in [7, 11) is 0. The second-order valence-corrected chi connectivity index (χ2v) is 5.31. The number of primary amides is 1. The van der Waals surface area contributed by atoms with Gasteiger partial charge in [-0.2, -0.15) is 0 Å². The van der Waals surface area contributed by atoms with E-state index in [0.717, 1.165) is 25.9 Å². The van der Waals surface area contributed by atoms with Crippen LogP contribution >= 0.6 is 0 Å². The fourth-order valence-corrected chi connectivity index (χ4v) is 2.25. The highest BCUT2D eigenvalue weighted by atomic mass is 16.6. The van der Waals surface area contributed by atoms with Gasteiger partial charge < -0.3 is 15.8 Å². The summed E-state index contributed by atoms with van der Waals surface area (Å²) in [5.41, 5.74) is 5.08. The van der Waals surface area contributed by atoms with Gasteiger partial charge in [0.15, 0.2) is 0 Å². The van der Waals surface area contributed by atoms with Gasteiger partial charge >= 0.3 is 6.09 Å². The molecule has 0 bridgehead atoms. The third-order valence-electron chi connectivity index (χ3n) is 2.91. The molecule has 1 amide bonds. The summed E-state index contributed by atoms with van der Waals surface area (Å²) in [6.07, 6.45) is 1.37. The van der Waals surface area contributed by atoms with E-state index < -0.39 is 6.09 Å². The Bertz CT molecular complexity index is 217. The van der Waals surface area contributed by atoms with Gasteiger partial charge in [0.1, 0.15) is 6.10 Å². The molecule has 0 aromatic heterocycles. The van der Waals surface area contributed by atoms with Crippen LogP contribution in [0, 0.1) is 11.3 Å². The summed E-state index contributed by atoms with van der Waals surface area (Å²) in [6.45, 7) is 8.26. The molecule has 1 heterocycles. The number of piperidine rings is 1.